The molecular formula is C25H30N6O2. The van der Waals surface area contributed by atoms with Gasteiger partial charge in [0.05, 0.1) is 18.3 Å². The Morgan fingerprint density at radius 3 is 2.85 bits per heavy atom. The van der Waals surface area contributed by atoms with Gasteiger partial charge in [0.15, 0.2) is 5.82 Å². The molecule has 1 saturated heterocycles. The van der Waals surface area contributed by atoms with Crippen LogP contribution in [0.15, 0.2) is 36.5 Å². The molecule has 1 aromatic carbocycles. The van der Waals surface area contributed by atoms with E-state index < -0.39 is 0 Å². The van der Waals surface area contributed by atoms with Crippen LogP contribution in [0.1, 0.15) is 37.0 Å². The number of pyridine rings is 1. The maximum atomic E-state index is 13.4. The highest BCUT2D eigenvalue weighted by molar-refractivity contribution is 6.00. The summed E-state index contributed by atoms with van der Waals surface area (Å²) in [5.74, 6) is 1.40. The van der Waals surface area contributed by atoms with Gasteiger partial charge in [0, 0.05) is 49.4 Å². The molecule has 4 heterocycles. The van der Waals surface area contributed by atoms with Gasteiger partial charge in [-0.1, -0.05) is 0 Å². The fourth-order valence-corrected chi connectivity index (χ4v) is 4.99. The first-order valence-electron chi connectivity index (χ1n) is 11.5. The molecule has 0 spiro atoms. The number of aromatic nitrogens is 4. The van der Waals surface area contributed by atoms with E-state index in [0.717, 1.165) is 53.0 Å². The average molecular weight is 447 g/mol. The number of nitrogens with zero attached hydrogens (tertiary/aromatic N) is 5. The third-order valence-corrected chi connectivity index (χ3v) is 6.78. The standard InChI is InChI=1S/C25H30N6O2/c1-5-30-20(12-16-7-6-10-27-23(16)30)24-28-19-11-17(13-21(33-4)22(19)29(24)3)25(32)31-14-18(26)9-8-15(31)2/h6-7,10-13,15,18H,5,8-9,14,26H2,1-4H3/t15-,18?/m0/s1. The first-order chi connectivity index (χ1) is 15.9. The molecule has 0 bridgehead atoms. The second kappa shape index (κ2) is 8.19. The van der Waals surface area contributed by atoms with Gasteiger partial charge in [0.2, 0.25) is 0 Å². The molecule has 8 heteroatoms. The van der Waals surface area contributed by atoms with Crippen LogP contribution in [0.3, 0.4) is 0 Å². The van der Waals surface area contributed by atoms with Gasteiger partial charge >= 0.3 is 0 Å². The van der Waals surface area contributed by atoms with Crippen molar-refractivity contribution in [2.24, 2.45) is 12.8 Å². The zero-order valence-corrected chi connectivity index (χ0v) is 19.6. The molecule has 33 heavy (non-hydrogen) atoms. The molecule has 1 fully saturated rings. The monoisotopic (exact) mass is 446 g/mol. The van der Waals surface area contributed by atoms with E-state index in [1.165, 1.54) is 0 Å². The van der Waals surface area contributed by atoms with E-state index in [0.29, 0.717) is 17.9 Å². The number of amides is 1. The number of methoxy groups -OCH3 is 1. The van der Waals surface area contributed by atoms with Gasteiger partial charge in [-0.05, 0) is 57.0 Å². The van der Waals surface area contributed by atoms with E-state index in [2.05, 4.69) is 35.5 Å². The summed E-state index contributed by atoms with van der Waals surface area (Å²) in [5.41, 5.74) is 10.2. The van der Waals surface area contributed by atoms with Gasteiger partial charge in [-0.2, -0.15) is 0 Å². The quantitative estimate of drug-likeness (QED) is 0.517. The number of hydrogen-bond acceptors (Lipinski definition) is 5. The molecule has 172 valence electrons. The molecule has 0 radical (unpaired) electrons. The Balaban J connectivity index is 1.65. The average Bonchev–Trinajstić information content (AvgIpc) is 3.36. The number of hydrogen-bond donors (Lipinski definition) is 1. The summed E-state index contributed by atoms with van der Waals surface area (Å²) in [4.78, 5) is 24.8. The first kappa shape index (κ1) is 21.5. The minimum absolute atomic E-state index is 0.0156. The number of rotatable bonds is 4. The van der Waals surface area contributed by atoms with Crippen molar-refractivity contribution in [2.75, 3.05) is 13.7 Å². The predicted molar refractivity (Wildman–Crippen MR) is 129 cm³/mol. The minimum atomic E-state index is -0.0306. The molecule has 2 atom stereocenters. The molecule has 0 aliphatic carbocycles. The number of benzene rings is 1. The summed E-state index contributed by atoms with van der Waals surface area (Å²) in [6.45, 7) is 5.52. The molecule has 2 N–H and O–H groups in total. The summed E-state index contributed by atoms with van der Waals surface area (Å²) in [6, 6.07) is 9.97. The van der Waals surface area contributed by atoms with Gasteiger partial charge in [0.1, 0.15) is 16.9 Å². The number of ether oxygens (including phenoxy) is 1. The van der Waals surface area contributed by atoms with Crippen LogP contribution >= 0.6 is 0 Å². The molecule has 4 aromatic rings. The lowest BCUT2D eigenvalue weighted by Gasteiger charge is -2.36. The van der Waals surface area contributed by atoms with Crippen molar-refractivity contribution in [3.63, 3.8) is 0 Å². The van der Waals surface area contributed by atoms with Crippen LogP contribution in [0.5, 0.6) is 5.75 Å². The van der Waals surface area contributed by atoms with Crippen molar-refractivity contribution in [3.05, 3.63) is 42.1 Å². The highest BCUT2D eigenvalue weighted by Crippen LogP contribution is 2.34. The smallest absolute Gasteiger partial charge is 0.254 e. The van der Waals surface area contributed by atoms with Crippen LogP contribution in [-0.4, -0.2) is 55.6 Å². The summed E-state index contributed by atoms with van der Waals surface area (Å²) in [5, 5.41) is 1.07. The van der Waals surface area contributed by atoms with Crippen LogP contribution in [-0.2, 0) is 13.6 Å². The lowest BCUT2D eigenvalue weighted by atomic mass is 9.99. The summed E-state index contributed by atoms with van der Waals surface area (Å²) < 4.78 is 9.91. The number of imidazole rings is 1. The maximum absolute atomic E-state index is 13.4. The van der Waals surface area contributed by atoms with Crippen molar-refractivity contribution in [1.29, 1.82) is 0 Å². The van der Waals surface area contributed by atoms with E-state index in [1.807, 2.05) is 40.9 Å². The van der Waals surface area contributed by atoms with Crippen molar-refractivity contribution >= 4 is 28.0 Å². The topological polar surface area (TPSA) is 91.2 Å². The number of piperidine rings is 1. The minimum Gasteiger partial charge on any atom is -0.494 e. The Hall–Kier alpha value is -3.39. The molecule has 1 unspecified atom stereocenters. The van der Waals surface area contributed by atoms with Gasteiger partial charge in [-0.25, -0.2) is 9.97 Å². The van der Waals surface area contributed by atoms with Gasteiger partial charge < -0.3 is 24.5 Å². The highest BCUT2D eigenvalue weighted by atomic mass is 16.5. The number of likely N-dealkylation sites (tertiary alicyclic amines) is 1. The zero-order chi connectivity index (χ0) is 23.3. The number of aryl methyl sites for hydroxylation is 2. The molecule has 1 amide bonds. The van der Waals surface area contributed by atoms with Gasteiger partial charge in [0.25, 0.3) is 5.91 Å². The van der Waals surface area contributed by atoms with Crippen LogP contribution in [0, 0.1) is 0 Å². The van der Waals surface area contributed by atoms with Crippen molar-refractivity contribution < 1.29 is 9.53 Å². The number of nitrogens with two attached hydrogens (primary N) is 1. The summed E-state index contributed by atoms with van der Waals surface area (Å²) in [6.07, 6.45) is 3.66. The molecule has 8 nitrogen and oxygen atoms in total. The van der Waals surface area contributed by atoms with Gasteiger partial charge in [-0.15, -0.1) is 0 Å². The second-order valence-corrected chi connectivity index (χ2v) is 8.87. The third kappa shape index (κ3) is 3.45. The molecule has 1 aliphatic rings. The molecule has 0 saturated carbocycles. The zero-order valence-electron chi connectivity index (χ0n) is 19.6. The fraction of sp³-hybridized carbons (Fsp3) is 0.400. The lowest BCUT2D eigenvalue weighted by molar-refractivity contribution is 0.0612. The summed E-state index contributed by atoms with van der Waals surface area (Å²) >= 11 is 0. The normalized spacial score (nSPS) is 18.9. The van der Waals surface area contributed by atoms with Gasteiger partial charge in [-0.3, -0.25) is 4.79 Å². The highest BCUT2D eigenvalue weighted by Gasteiger charge is 2.29. The van der Waals surface area contributed by atoms with E-state index in [4.69, 9.17) is 15.5 Å². The largest absolute Gasteiger partial charge is 0.494 e. The van der Waals surface area contributed by atoms with Crippen molar-refractivity contribution in [2.45, 2.75) is 45.3 Å². The Kier molecular flexibility index (Phi) is 5.32. The number of carbonyl (C=O) groups excluding carboxylic acids is 1. The Bertz CT molecular complexity index is 1350. The molecule has 5 rings (SSSR count). The molecule has 3 aromatic heterocycles. The van der Waals surface area contributed by atoms with Crippen molar-refractivity contribution in [1.82, 2.24) is 24.0 Å². The number of carbonyl (C=O) groups is 1. The lowest BCUT2D eigenvalue weighted by Crippen LogP contribution is -2.50. The van der Waals surface area contributed by atoms with Crippen molar-refractivity contribution in [3.8, 4) is 17.3 Å². The Morgan fingerprint density at radius 1 is 1.27 bits per heavy atom. The van der Waals surface area contributed by atoms with Crippen LogP contribution in [0.25, 0.3) is 33.6 Å². The fourth-order valence-electron chi connectivity index (χ4n) is 4.99. The van der Waals surface area contributed by atoms with E-state index in [9.17, 15) is 4.79 Å². The SMILES string of the molecule is CCn1c(-c2nc3cc(C(=O)N4CC(N)CC[C@@H]4C)cc(OC)c3n2C)cc2cccnc21. The van der Waals surface area contributed by atoms with Crippen LogP contribution < -0.4 is 10.5 Å². The number of fused-ring (bicyclic) bond motifs is 2. The van der Waals surface area contributed by atoms with E-state index in [1.54, 1.807) is 7.11 Å². The van der Waals surface area contributed by atoms with Crippen LogP contribution in [0.4, 0.5) is 0 Å². The maximum Gasteiger partial charge on any atom is 0.254 e. The Labute approximate surface area is 193 Å². The van der Waals surface area contributed by atoms with Crippen LogP contribution in [0.2, 0.25) is 0 Å². The van der Waals surface area contributed by atoms with E-state index >= 15 is 0 Å². The third-order valence-electron chi connectivity index (χ3n) is 6.78. The Morgan fingerprint density at radius 2 is 2.09 bits per heavy atom. The molecular weight excluding hydrogens is 416 g/mol. The summed E-state index contributed by atoms with van der Waals surface area (Å²) in [7, 11) is 3.60. The molecule has 1 aliphatic heterocycles. The first-order valence-corrected chi connectivity index (χ1v) is 11.5. The predicted octanol–water partition coefficient (Wildman–Crippen LogP) is 3.57. The van der Waals surface area contributed by atoms with E-state index in [-0.39, 0.29) is 18.0 Å². The second-order valence-electron chi connectivity index (χ2n) is 8.87.